The van der Waals surface area contributed by atoms with E-state index in [9.17, 15) is 22.8 Å². The van der Waals surface area contributed by atoms with Gasteiger partial charge >= 0.3 is 12.3 Å². The van der Waals surface area contributed by atoms with Gasteiger partial charge in [0.2, 0.25) is 5.91 Å². The van der Waals surface area contributed by atoms with Crippen molar-refractivity contribution < 1.29 is 27.9 Å². The Morgan fingerprint density at radius 1 is 1.39 bits per heavy atom. The molecule has 3 heterocycles. The number of hydrogen-bond donors (Lipinski definition) is 3. The minimum absolute atomic E-state index is 0.0119. The van der Waals surface area contributed by atoms with Crippen LogP contribution < -0.4 is 10.6 Å². The van der Waals surface area contributed by atoms with Crippen molar-refractivity contribution in [3.05, 3.63) is 29.1 Å². The number of fused-ring (bicyclic) bond motifs is 2. The molecule has 2 fully saturated rings. The van der Waals surface area contributed by atoms with Crippen LogP contribution in [-0.4, -0.2) is 52.7 Å². The quantitative estimate of drug-likeness (QED) is 0.704. The van der Waals surface area contributed by atoms with Gasteiger partial charge in [0.1, 0.15) is 0 Å². The van der Waals surface area contributed by atoms with Gasteiger partial charge in [0.25, 0.3) is 0 Å². The zero-order chi connectivity index (χ0) is 20.1. The Morgan fingerprint density at radius 3 is 2.89 bits per heavy atom. The minimum atomic E-state index is -4.48. The summed E-state index contributed by atoms with van der Waals surface area (Å²) in [6, 6.07) is 0.789. The van der Waals surface area contributed by atoms with Crippen LogP contribution in [0.2, 0.25) is 0 Å². The molecule has 1 aliphatic carbocycles. The van der Waals surface area contributed by atoms with Gasteiger partial charge in [-0.2, -0.15) is 13.2 Å². The SMILES string of the molecule is O=C(O)N[C@@H]1C[C@H]2CNC[C@@]2(C(=O)N2CCc3ncc(C(F)(F)F)cc3C2)C1. The van der Waals surface area contributed by atoms with Crippen molar-refractivity contribution in [1.29, 1.82) is 0 Å². The maximum atomic E-state index is 13.4. The van der Waals surface area contributed by atoms with Crippen LogP contribution >= 0.6 is 0 Å². The van der Waals surface area contributed by atoms with Crippen molar-refractivity contribution in [3.8, 4) is 0 Å². The first kappa shape index (κ1) is 19.0. The van der Waals surface area contributed by atoms with E-state index in [4.69, 9.17) is 5.11 Å². The first-order valence-electron chi connectivity index (χ1n) is 9.23. The average Bonchev–Trinajstić information content (AvgIpc) is 3.16. The van der Waals surface area contributed by atoms with E-state index in [2.05, 4.69) is 15.6 Å². The fourth-order valence-electron chi connectivity index (χ4n) is 4.91. The molecule has 0 bridgehead atoms. The van der Waals surface area contributed by atoms with Crippen LogP contribution in [0.15, 0.2) is 12.3 Å². The number of rotatable bonds is 2. The second-order valence-electron chi connectivity index (χ2n) is 7.87. The van der Waals surface area contributed by atoms with Crippen LogP contribution in [-0.2, 0) is 23.9 Å². The van der Waals surface area contributed by atoms with E-state index < -0.39 is 23.2 Å². The fraction of sp³-hybridized carbons (Fsp3) is 0.611. The van der Waals surface area contributed by atoms with Gasteiger partial charge in [0.15, 0.2) is 0 Å². The lowest BCUT2D eigenvalue weighted by Crippen LogP contribution is -2.49. The van der Waals surface area contributed by atoms with Crippen molar-refractivity contribution in [1.82, 2.24) is 20.5 Å². The molecule has 2 aliphatic heterocycles. The van der Waals surface area contributed by atoms with Gasteiger partial charge < -0.3 is 20.6 Å². The number of carbonyl (C=O) groups is 2. The Morgan fingerprint density at radius 2 is 2.18 bits per heavy atom. The van der Waals surface area contributed by atoms with Crippen molar-refractivity contribution in [2.75, 3.05) is 19.6 Å². The Kier molecular flexibility index (Phi) is 4.48. The fourth-order valence-corrected chi connectivity index (χ4v) is 4.91. The molecular weight excluding hydrogens is 377 g/mol. The number of alkyl halides is 3. The highest BCUT2D eigenvalue weighted by Gasteiger charge is 2.56. The molecule has 0 unspecified atom stereocenters. The number of amides is 2. The largest absolute Gasteiger partial charge is 0.465 e. The molecule has 1 saturated heterocycles. The zero-order valence-corrected chi connectivity index (χ0v) is 15.1. The second-order valence-corrected chi connectivity index (χ2v) is 7.87. The monoisotopic (exact) mass is 398 g/mol. The summed E-state index contributed by atoms with van der Waals surface area (Å²) in [6.07, 6.45) is -3.36. The lowest BCUT2D eigenvalue weighted by molar-refractivity contribution is -0.143. The number of nitrogens with one attached hydrogen (secondary N) is 2. The number of carboxylic acid groups (broad SMARTS) is 1. The molecule has 2 amide bonds. The lowest BCUT2D eigenvalue weighted by atomic mass is 9.78. The Labute approximate surface area is 159 Å². The van der Waals surface area contributed by atoms with Gasteiger partial charge in [-0.25, -0.2) is 4.79 Å². The van der Waals surface area contributed by atoms with Crippen molar-refractivity contribution >= 4 is 12.0 Å². The predicted octanol–water partition coefficient (Wildman–Crippen LogP) is 1.62. The molecule has 0 spiro atoms. The van der Waals surface area contributed by atoms with Crippen LogP contribution in [0.5, 0.6) is 0 Å². The number of halogens is 3. The van der Waals surface area contributed by atoms with E-state index in [0.717, 1.165) is 12.3 Å². The molecule has 7 nitrogen and oxygen atoms in total. The van der Waals surface area contributed by atoms with E-state index in [1.54, 1.807) is 4.90 Å². The third kappa shape index (κ3) is 3.19. The third-order valence-electron chi connectivity index (χ3n) is 6.20. The first-order chi connectivity index (χ1) is 13.2. The molecule has 3 N–H and O–H groups in total. The highest BCUT2D eigenvalue weighted by Crippen LogP contribution is 2.47. The second kappa shape index (κ2) is 6.61. The molecule has 1 aromatic heterocycles. The number of hydrogen-bond acceptors (Lipinski definition) is 4. The zero-order valence-electron chi connectivity index (χ0n) is 15.1. The van der Waals surface area contributed by atoms with Crippen LogP contribution in [0.25, 0.3) is 0 Å². The predicted molar refractivity (Wildman–Crippen MR) is 91.3 cm³/mol. The van der Waals surface area contributed by atoms with E-state index in [-0.39, 0.29) is 24.4 Å². The summed E-state index contributed by atoms with van der Waals surface area (Å²) in [5, 5.41) is 14.7. The van der Waals surface area contributed by atoms with E-state index in [0.29, 0.717) is 50.2 Å². The highest BCUT2D eigenvalue weighted by molar-refractivity contribution is 5.85. The van der Waals surface area contributed by atoms with E-state index >= 15 is 0 Å². The topological polar surface area (TPSA) is 94.6 Å². The number of nitrogens with zero attached hydrogens (tertiary/aromatic N) is 2. The van der Waals surface area contributed by atoms with Gasteiger partial charge in [-0.05, 0) is 36.9 Å². The summed E-state index contributed by atoms with van der Waals surface area (Å²) < 4.78 is 39.0. The molecule has 0 radical (unpaired) electrons. The summed E-state index contributed by atoms with van der Waals surface area (Å²) in [5.41, 5.74) is -0.510. The number of carbonyl (C=O) groups excluding carboxylic acids is 1. The Balaban J connectivity index is 1.55. The summed E-state index contributed by atoms with van der Waals surface area (Å²) in [5.74, 6) is -0.0990. The molecule has 1 saturated carbocycles. The highest BCUT2D eigenvalue weighted by atomic mass is 19.4. The number of pyridine rings is 1. The van der Waals surface area contributed by atoms with Gasteiger partial charge in [0.05, 0.1) is 11.0 Å². The molecule has 152 valence electrons. The maximum absolute atomic E-state index is 13.4. The van der Waals surface area contributed by atoms with Crippen LogP contribution in [0.4, 0.5) is 18.0 Å². The maximum Gasteiger partial charge on any atom is 0.417 e. The van der Waals surface area contributed by atoms with E-state index in [1.807, 2.05) is 0 Å². The van der Waals surface area contributed by atoms with Crippen LogP contribution in [0, 0.1) is 11.3 Å². The summed E-state index contributed by atoms with van der Waals surface area (Å²) in [4.78, 5) is 29.9. The Bertz CT molecular complexity index is 816. The lowest BCUT2D eigenvalue weighted by Gasteiger charge is -2.37. The smallest absolute Gasteiger partial charge is 0.417 e. The number of aromatic nitrogens is 1. The normalized spacial score (nSPS) is 29.3. The standard InChI is InChI=1S/C18H21F3N4O3/c19-18(20,21)12-3-10-8-25(2-1-14(10)23-7-12)15(26)17-5-13(24-16(27)28)4-11(17)6-22-9-17/h3,7,11,13,22,24H,1-2,4-6,8-9H2,(H,27,28)/t11-,13+,17-/m0/s1. The average molecular weight is 398 g/mol. The van der Waals surface area contributed by atoms with Crippen molar-refractivity contribution in [2.24, 2.45) is 11.3 Å². The first-order valence-corrected chi connectivity index (χ1v) is 9.23. The molecule has 3 aliphatic rings. The van der Waals surface area contributed by atoms with Gasteiger partial charge in [-0.15, -0.1) is 0 Å². The summed E-state index contributed by atoms with van der Waals surface area (Å²) in [7, 11) is 0. The van der Waals surface area contributed by atoms with Crippen molar-refractivity contribution in [3.63, 3.8) is 0 Å². The summed E-state index contributed by atoms with van der Waals surface area (Å²) in [6.45, 7) is 1.58. The van der Waals surface area contributed by atoms with E-state index in [1.165, 1.54) is 0 Å². The Hall–Kier alpha value is -2.36. The molecule has 10 heteroatoms. The molecule has 3 atom stereocenters. The minimum Gasteiger partial charge on any atom is -0.465 e. The van der Waals surface area contributed by atoms with Crippen LogP contribution in [0.3, 0.4) is 0 Å². The molecule has 1 aromatic rings. The third-order valence-corrected chi connectivity index (χ3v) is 6.20. The molecular formula is C18H21F3N4O3. The van der Waals surface area contributed by atoms with Gasteiger partial charge in [-0.3, -0.25) is 9.78 Å². The molecule has 4 rings (SSSR count). The van der Waals surface area contributed by atoms with Crippen LogP contribution in [0.1, 0.15) is 29.7 Å². The van der Waals surface area contributed by atoms with Gasteiger partial charge in [-0.1, -0.05) is 0 Å². The molecule has 0 aromatic carbocycles. The van der Waals surface area contributed by atoms with Gasteiger partial charge in [0, 0.05) is 44.0 Å². The van der Waals surface area contributed by atoms with Crippen molar-refractivity contribution in [2.45, 2.75) is 38.0 Å². The summed E-state index contributed by atoms with van der Waals surface area (Å²) >= 11 is 0. The molecule has 28 heavy (non-hydrogen) atoms.